The van der Waals surface area contributed by atoms with Gasteiger partial charge in [-0.25, -0.2) is 0 Å². The summed E-state index contributed by atoms with van der Waals surface area (Å²) in [4.78, 5) is 25.0. The second-order valence-corrected chi connectivity index (χ2v) is 5.52. The minimum absolute atomic E-state index is 0.0783. The molecule has 116 valence electrons. The van der Waals surface area contributed by atoms with Gasteiger partial charge in [-0.2, -0.15) is 0 Å². The zero-order valence-corrected chi connectivity index (χ0v) is 13.3. The highest BCUT2D eigenvalue weighted by molar-refractivity contribution is 6.01. The van der Waals surface area contributed by atoms with Crippen LogP contribution in [0.3, 0.4) is 0 Å². The number of carbonyl (C=O) groups excluding carboxylic acids is 1. The highest BCUT2D eigenvalue weighted by atomic mass is 16.6. The summed E-state index contributed by atoms with van der Waals surface area (Å²) < 4.78 is 0. The van der Waals surface area contributed by atoms with E-state index in [-0.39, 0.29) is 22.8 Å². The molecule has 0 aliphatic heterocycles. The molecular formula is C15H23N3O3. The number of nitrogens with zero attached hydrogens (tertiary/aromatic N) is 2. The van der Waals surface area contributed by atoms with Gasteiger partial charge in [-0.3, -0.25) is 14.9 Å². The largest absolute Gasteiger partial charge is 0.379 e. The number of amides is 1. The molecule has 0 saturated carbocycles. The van der Waals surface area contributed by atoms with Crippen LogP contribution in [0.15, 0.2) is 18.2 Å². The number of rotatable bonds is 6. The van der Waals surface area contributed by atoms with Gasteiger partial charge in [0.05, 0.1) is 10.5 Å². The Balaban J connectivity index is 3.32. The predicted molar refractivity (Wildman–Crippen MR) is 83.7 cm³/mol. The molecule has 1 rings (SSSR count). The number of nitro benzene ring substituents is 1. The fraction of sp³-hybridized carbons (Fsp3) is 0.533. The summed E-state index contributed by atoms with van der Waals surface area (Å²) >= 11 is 0. The van der Waals surface area contributed by atoms with E-state index in [4.69, 9.17) is 0 Å². The Labute approximate surface area is 125 Å². The van der Waals surface area contributed by atoms with E-state index in [1.54, 1.807) is 24.1 Å². The summed E-state index contributed by atoms with van der Waals surface area (Å²) in [5.74, 6) is -0.221. The molecule has 0 aliphatic rings. The molecule has 1 aromatic carbocycles. The molecule has 0 radical (unpaired) electrons. The zero-order chi connectivity index (χ0) is 16.2. The average Bonchev–Trinajstić information content (AvgIpc) is 2.46. The number of para-hydroxylation sites is 1. The van der Waals surface area contributed by atoms with Crippen molar-refractivity contribution in [3.05, 3.63) is 33.9 Å². The van der Waals surface area contributed by atoms with Crippen molar-refractivity contribution in [1.29, 1.82) is 0 Å². The molecule has 1 aromatic rings. The van der Waals surface area contributed by atoms with Crippen molar-refractivity contribution in [3.8, 4) is 0 Å². The van der Waals surface area contributed by atoms with Gasteiger partial charge in [0.2, 0.25) is 0 Å². The average molecular weight is 293 g/mol. The van der Waals surface area contributed by atoms with Crippen LogP contribution in [0.2, 0.25) is 0 Å². The van der Waals surface area contributed by atoms with Crippen molar-refractivity contribution in [2.45, 2.75) is 39.7 Å². The number of nitro groups is 1. The maximum absolute atomic E-state index is 12.7. The van der Waals surface area contributed by atoms with E-state index in [2.05, 4.69) is 5.32 Å². The molecule has 0 atom stereocenters. The molecule has 0 aromatic heterocycles. The van der Waals surface area contributed by atoms with Gasteiger partial charge in [-0.1, -0.05) is 13.0 Å². The van der Waals surface area contributed by atoms with E-state index >= 15 is 0 Å². The second-order valence-electron chi connectivity index (χ2n) is 5.52. The third kappa shape index (κ3) is 3.51. The van der Waals surface area contributed by atoms with Gasteiger partial charge in [0.1, 0.15) is 5.69 Å². The first kappa shape index (κ1) is 16.9. The summed E-state index contributed by atoms with van der Waals surface area (Å²) in [7, 11) is 1.72. The summed E-state index contributed by atoms with van der Waals surface area (Å²) in [6.07, 6.45) is 0.792. The van der Waals surface area contributed by atoms with Gasteiger partial charge < -0.3 is 10.2 Å². The molecule has 0 bridgehead atoms. The van der Waals surface area contributed by atoms with Crippen LogP contribution in [0.1, 0.15) is 44.5 Å². The molecule has 0 saturated heterocycles. The molecule has 0 unspecified atom stereocenters. The van der Waals surface area contributed by atoms with Crippen LogP contribution in [0.4, 0.5) is 11.4 Å². The number of nitrogens with one attached hydrogen (secondary N) is 1. The van der Waals surface area contributed by atoms with Crippen LogP contribution in [-0.4, -0.2) is 34.9 Å². The lowest BCUT2D eigenvalue weighted by molar-refractivity contribution is -0.384. The fourth-order valence-corrected chi connectivity index (χ4v) is 1.93. The molecular weight excluding hydrogens is 270 g/mol. The zero-order valence-electron chi connectivity index (χ0n) is 13.3. The molecule has 0 aliphatic carbocycles. The molecule has 6 heteroatoms. The first-order chi connectivity index (χ1) is 9.76. The molecule has 1 N–H and O–H groups in total. The number of benzene rings is 1. The van der Waals surface area contributed by atoms with Crippen molar-refractivity contribution in [3.63, 3.8) is 0 Å². The first-order valence-electron chi connectivity index (χ1n) is 7.05. The second kappa shape index (κ2) is 6.56. The number of hydrogen-bond acceptors (Lipinski definition) is 4. The topological polar surface area (TPSA) is 75.5 Å². The Kier molecular flexibility index (Phi) is 5.29. The Morgan fingerprint density at radius 1 is 1.38 bits per heavy atom. The summed E-state index contributed by atoms with van der Waals surface area (Å²) in [6, 6.07) is 4.56. The molecule has 0 spiro atoms. The Morgan fingerprint density at radius 3 is 2.48 bits per heavy atom. The van der Waals surface area contributed by atoms with Crippen LogP contribution in [0.5, 0.6) is 0 Å². The maximum atomic E-state index is 12.7. The number of hydrogen-bond donors (Lipinski definition) is 1. The third-order valence-electron chi connectivity index (χ3n) is 3.90. The summed E-state index contributed by atoms with van der Waals surface area (Å²) in [5.41, 5.74) is 0.222. The monoisotopic (exact) mass is 293 g/mol. The Bertz CT molecular complexity index is 541. The van der Waals surface area contributed by atoms with E-state index < -0.39 is 4.92 Å². The van der Waals surface area contributed by atoms with Gasteiger partial charge >= 0.3 is 0 Å². The highest BCUT2D eigenvalue weighted by Crippen LogP contribution is 2.30. The lowest BCUT2D eigenvalue weighted by Crippen LogP contribution is -2.44. The molecule has 0 fully saturated rings. The summed E-state index contributed by atoms with van der Waals surface area (Å²) in [5, 5.41) is 14.1. The quantitative estimate of drug-likeness (QED) is 0.645. The predicted octanol–water partition coefficient (Wildman–Crippen LogP) is 3.29. The standard InChI is InChI=1S/C15H23N3O3/c1-6-15(3,4)17(5)14(19)11-9-8-10-12(18(20)21)13(11)16-7-2/h8-10,16H,6-7H2,1-5H3. The third-order valence-corrected chi connectivity index (χ3v) is 3.90. The minimum atomic E-state index is -0.472. The lowest BCUT2D eigenvalue weighted by Gasteiger charge is -2.35. The van der Waals surface area contributed by atoms with Crippen molar-refractivity contribution in [2.24, 2.45) is 0 Å². The van der Waals surface area contributed by atoms with Gasteiger partial charge in [-0.05, 0) is 33.3 Å². The smallest absolute Gasteiger partial charge is 0.293 e. The van der Waals surface area contributed by atoms with E-state index in [0.717, 1.165) is 6.42 Å². The van der Waals surface area contributed by atoms with E-state index in [1.165, 1.54) is 6.07 Å². The number of anilines is 1. The Hall–Kier alpha value is -2.11. The van der Waals surface area contributed by atoms with Crippen molar-refractivity contribution < 1.29 is 9.72 Å². The number of carbonyl (C=O) groups is 1. The van der Waals surface area contributed by atoms with Crippen LogP contribution in [-0.2, 0) is 0 Å². The van der Waals surface area contributed by atoms with Crippen LogP contribution in [0.25, 0.3) is 0 Å². The van der Waals surface area contributed by atoms with E-state index in [1.807, 2.05) is 27.7 Å². The fourth-order valence-electron chi connectivity index (χ4n) is 1.93. The Morgan fingerprint density at radius 2 is 2.00 bits per heavy atom. The van der Waals surface area contributed by atoms with Crippen LogP contribution < -0.4 is 5.32 Å². The van der Waals surface area contributed by atoms with Gasteiger partial charge in [0.25, 0.3) is 11.6 Å². The van der Waals surface area contributed by atoms with Crippen molar-refractivity contribution >= 4 is 17.3 Å². The highest BCUT2D eigenvalue weighted by Gasteiger charge is 2.30. The van der Waals surface area contributed by atoms with Gasteiger partial charge in [-0.15, -0.1) is 0 Å². The molecule has 1 amide bonds. The maximum Gasteiger partial charge on any atom is 0.293 e. The van der Waals surface area contributed by atoms with Crippen LogP contribution in [0, 0.1) is 10.1 Å². The molecule has 0 heterocycles. The lowest BCUT2D eigenvalue weighted by atomic mass is 9.98. The first-order valence-corrected chi connectivity index (χ1v) is 7.05. The summed E-state index contributed by atoms with van der Waals surface area (Å²) in [6.45, 7) is 8.28. The van der Waals surface area contributed by atoms with Gasteiger partial charge in [0.15, 0.2) is 0 Å². The van der Waals surface area contributed by atoms with E-state index in [9.17, 15) is 14.9 Å². The van der Waals surface area contributed by atoms with Crippen molar-refractivity contribution in [1.82, 2.24) is 4.90 Å². The molecule has 21 heavy (non-hydrogen) atoms. The normalized spacial score (nSPS) is 11.1. The molecule has 6 nitrogen and oxygen atoms in total. The van der Waals surface area contributed by atoms with Crippen molar-refractivity contribution in [2.75, 3.05) is 18.9 Å². The minimum Gasteiger partial charge on any atom is -0.379 e. The van der Waals surface area contributed by atoms with Crippen LogP contribution >= 0.6 is 0 Å². The van der Waals surface area contributed by atoms with Gasteiger partial charge in [0, 0.05) is 25.2 Å². The van der Waals surface area contributed by atoms with E-state index in [0.29, 0.717) is 12.1 Å². The SMILES string of the molecule is CCNc1c(C(=O)N(C)C(C)(C)CC)cccc1[N+](=O)[O-].